The lowest BCUT2D eigenvalue weighted by molar-refractivity contribution is -0.288. The van der Waals surface area contributed by atoms with Crippen molar-refractivity contribution in [3.63, 3.8) is 0 Å². The minimum absolute atomic E-state index is 0.0183. The summed E-state index contributed by atoms with van der Waals surface area (Å²) < 4.78 is 125. The van der Waals surface area contributed by atoms with Gasteiger partial charge < -0.3 is 136 Å². The Balaban J connectivity index is 1.68. The van der Waals surface area contributed by atoms with Gasteiger partial charge in [-0.2, -0.15) is 0 Å². The molecule has 0 aliphatic carbocycles. The Morgan fingerprint density at radius 3 is 0.850 bits per heavy atom. The summed E-state index contributed by atoms with van der Waals surface area (Å²) >= 11 is 0. The lowest BCUT2D eigenvalue weighted by Crippen LogP contribution is -2.58. The molecule has 3 saturated heterocycles. The van der Waals surface area contributed by atoms with Crippen LogP contribution in [0.2, 0.25) is 0 Å². The summed E-state index contributed by atoms with van der Waals surface area (Å²) in [5.74, 6) is -11.3. The van der Waals surface area contributed by atoms with Gasteiger partial charge in [-0.25, -0.2) is 0 Å². The quantitative estimate of drug-likeness (QED) is 0.0196. The number of carbonyl (C=O) groups excluding carboxylic acids is 17. The number of carboxylic acids is 1. The van der Waals surface area contributed by atoms with Gasteiger partial charge >= 0.3 is 59.7 Å². The Bertz CT molecular complexity index is 3580. The van der Waals surface area contributed by atoms with Crippen LogP contribution in [0, 0.1) is 23.2 Å². The molecule has 0 radical (unpaired) electrons. The van der Waals surface area contributed by atoms with Crippen LogP contribution < -0.4 is 36.8 Å². The first kappa shape index (κ1) is 125. The fourth-order valence-electron chi connectivity index (χ4n) is 14.8. The molecule has 48 heteroatoms. The van der Waals surface area contributed by atoms with Crippen molar-refractivity contribution in [3.05, 3.63) is 0 Å². The molecule has 6 amide bonds. The fourth-order valence-corrected chi connectivity index (χ4v) is 15.6. The fraction of sp³-hybridized carbons (Fsp3) is 0.804. The second-order valence-corrected chi connectivity index (χ2v) is 35.9. The van der Waals surface area contributed by atoms with Gasteiger partial charge in [0.25, 0.3) is 7.82 Å². The van der Waals surface area contributed by atoms with Gasteiger partial charge in [-0.3, -0.25) is 90.9 Å². The molecular weight excluding hydrogens is 1880 g/mol. The number of amides is 6. The predicted octanol–water partition coefficient (Wildman–Crippen LogP) is 4.00. The van der Waals surface area contributed by atoms with Gasteiger partial charge in [-0.1, -0.05) is 27.2 Å². The number of hydrogen-bond acceptors (Lipinski definition) is 40. The highest BCUT2D eigenvalue weighted by Crippen LogP contribution is 2.40. The molecule has 3 fully saturated rings. The Hall–Kier alpha value is -9.39. The van der Waals surface area contributed by atoms with Crippen LogP contribution in [0.5, 0.6) is 0 Å². The zero-order valence-electron chi connectivity index (χ0n) is 82.9. The number of phosphoric ester groups is 1. The number of carboxylic acid groups (broad SMARTS) is 1. The van der Waals surface area contributed by atoms with Crippen LogP contribution in [0.1, 0.15) is 250 Å². The van der Waals surface area contributed by atoms with E-state index in [4.69, 9.17) is 99.4 Å². The number of Topliss-reactive ketones (excluding diaryl/α,β-unsaturated/α-hetero) is 2. The second-order valence-electron chi connectivity index (χ2n) is 34.5. The standard InChI is InChI=1S/C92H151N6O41P/c1-59-83(131-65(7)102)86(134-68(10)105)73(53-126-62(4)99)137-89(59)123-44-20-16-31-76(110)93-38-25-41-96-79(113)35-49-120-56-92(52-72(109)30-24-29-71(108)28-15-23-48-130-140(118,119)129-47-19-13-14-34-82(116)117,57-121-50-36-80(114)97-42-26-39-94-77(111)32-17-21-45-124-90-60(2)84(132-66(8)103)87(135-69(11)106)74(138-90)54-127-63(5)100)58-122-51-37-81(115)98-43-27-40-95-78(112)33-18-22-46-125-91-61(3)85(133-67(9)104)88(136-70(12)107)75(139-91)55-128-64(6)101/h59-61,73-75,83-91H,13-58H2,1-12H3,(H,93,110)(H,94,111)(H,95,112)(H,96,113)(H,97,114)(H,98,115)(H,116,117)(H,118,119)/p-1/t59-,60-,61-,73-,74-,75-,83-,84-,85-,86+,87+,88+,89-,90-,91-/m1/s1. The molecule has 140 heavy (non-hydrogen) atoms. The Labute approximate surface area is 817 Å². The van der Waals surface area contributed by atoms with Crippen molar-refractivity contribution in [2.45, 2.75) is 324 Å². The third-order valence-electron chi connectivity index (χ3n) is 21.8. The summed E-state index contributed by atoms with van der Waals surface area (Å²) in [7, 11) is -4.66. The second kappa shape index (κ2) is 71.1. The smallest absolute Gasteiger partial charge is 0.303 e. The molecule has 16 atom stereocenters. The molecule has 800 valence electrons. The summed E-state index contributed by atoms with van der Waals surface area (Å²) in [6.07, 6.45) is -7.74. The molecule has 3 aliphatic heterocycles. The van der Waals surface area contributed by atoms with Crippen molar-refractivity contribution in [2.24, 2.45) is 23.2 Å². The van der Waals surface area contributed by atoms with Crippen molar-refractivity contribution < 1.29 is 195 Å². The minimum atomic E-state index is -4.66. The lowest BCUT2D eigenvalue weighted by atomic mass is 9.83. The molecule has 0 aromatic rings. The van der Waals surface area contributed by atoms with E-state index in [1.807, 2.05) is 0 Å². The van der Waals surface area contributed by atoms with Gasteiger partial charge in [0, 0.05) is 215 Å². The molecule has 3 heterocycles. The number of ketones is 2. The molecule has 0 saturated carbocycles. The van der Waals surface area contributed by atoms with E-state index >= 15 is 0 Å². The van der Waals surface area contributed by atoms with Crippen molar-refractivity contribution in [3.8, 4) is 0 Å². The summed E-state index contributed by atoms with van der Waals surface area (Å²) in [5.41, 5.74) is -1.34. The van der Waals surface area contributed by atoms with Crippen LogP contribution in [-0.2, 0) is 185 Å². The minimum Gasteiger partial charge on any atom is -0.756 e. The Morgan fingerprint density at radius 2 is 0.557 bits per heavy atom. The van der Waals surface area contributed by atoms with Crippen LogP contribution in [0.3, 0.4) is 0 Å². The predicted molar refractivity (Wildman–Crippen MR) is 485 cm³/mol. The van der Waals surface area contributed by atoms with Gasteiger partial charge in [-0.05, 0) is 89.9 Å². The topological polar surface area (TPSA) is 624 Å². The number of unbranched alkanes of at least 4 members (excludes halogenated alkanes) is 6. The van der Waals surface area contributed by atoms with Gasteiger partial charge in [-0.15, -0.1) is 0 Å². The molecule has 3 aliphatic rings. The number of carbonyl (C=O) groups is 18. The first-order chi connectivity index (χ1) is 66.5. The average Bonchev–Trinajstić information content (AvgIpc) is 0.802. The highest BCUT2D eigenvalue weighted by atomic mass is 31.2. The molecule has 1 unspecified atom stereocenters. The molecule has 0 spiro atoms. The highest BCUT2D eigenvalue weighted by Gasteiger charge is 2.52. The number of ether oxygens (including phenoxy) is 18. The highest BCUT2D eigenvalue weighted by molar-refractivity contribution is 7.45. The number of phosphoric acid groups is 1. The SMILES string of the molecule is CC(=O)OC[C@H]1O[C@@H](OCCCCC(=O)NCCCNC(=O)CCOCC(COCCC(=O)NCCCNC(=O)CCCCO[C@@H]2O[C@H](COC(C)=O)[C@H](OC(C)=O)[C@H](OC(C)=O)[C@H]2C)(COCCC(=O)NCCCNC(=O)CCCCO[C@@H]2O[C@H](COC(C)=O)[C@H](OC(C)=O)[C@H](OC(C)=O)[C@H]2C)CC(=O)CCCC(=O)CCCCOP(=O)([O-])OCCCCCC(=O)O)[C@H](C)[C@@H](OC(C)=O)[C@H]1OC(C)=O. The summed E-state index contributed by atoms with van der Waals surface area (Å²) in [4.78, 5) is 236. The van der Waals surface area contributed by atoms with Gasteiger partial charge in [0.15, 0.2) is 37.2 Å². The zero-order chi connectivity index (χ0) is 104. The van der Waals surface area contributed by atoms with Crippen molar-refractivity contribution in [1.82, 2.24) is 31.9 Å². The number of aliphatic carboxylic acids is 1. The van der Waals surface area contributed by atoms with Crippen LogP contribution in [0.4, 0.5) is 0 Å². The molecule has 7 N–H and O–H groups in total. The number of rotatable bonds is 76. The Kier molecular flexibility index (Phi) is 63.4. The zero-order valence-corrected chi connectivity index (χ0v) is 83.8. The van der Waals surface area contributed by atoms with E-state index in [0.717, 1.165) is 0 Å². The molecule has 0 aromatic carbocycles. The molecular formula is C92H150N6O41P-. The van der Waals surface area contributed by atoms with Crippen molar-refractivity contribution in [1.29, 1.82) is 0 Å². The van der Waals surface area contributed by atoms with E-state index in [1.165, 1.54) is 62.3 Å². The molecule has 0 bridgehead atoms. The van der Waals surface area contributed by atoms with E-state index in [2.05, 4.69) is 31.9 Å². The maximum Gasteiger partial charge on any atom is 0.303 e. The molecule has 0 aromatic heterocycles. The number of esters is 9. The van der Waals surface area contributed by atoms with E-state index in [0.29, 0.717) is 77.0 Å². The number of hydrogen-bond donors (Lipinski definition) is 7. The maximum atomic E-state index is 14.2. The Morgan fingerprint density at radius 1 is 0.300 bits per heavy atom. The van der Waals surface area contributed by atoms with Crippen LogP contribution in [0.15, 0.2) is 0 Å². The lowest BCUT2D eigenvalue weighted by Gasteiger charge is -2.43. The van der Waals surface area contributed by atoms with E-state index in [9.17, 15) is 95.8 Å². The normalized spacial score (nSPS) is 21.5. The van der Waals surface area contributed by atoms with E-state index < -0.39 is 182 Å². The van der Waals surface area contributed by atoms with Crippen LogP contribution >= 0.6 is 7.82 Å². The van der Waals surface area contributed by atoms with Gasteiger partial charge in [0.1, 0.15) is 68.0 Å². The largest absolute Gasteiger partial charge is 0.756 e. The monoisotopic (exact) mass is 2030 g/mol. The number of nitrogens with one attached hydrogen (secondary N) is 6. The summed E-state index contributed by atoms with van der Waals surface area (Å²) in [6, 6.07) is 0. The summed E-state index contributed by atoms with van der Waals surface area (Å²) in [5, 5.41) is 25.6. The van der Waals surface area contributed by atoms with Crippen molar-refractivity contribution >= 4 is 115 Å². The first-order valence-corrected chi connectivity index (χ1v) is 49.4. The third kappa shape index (κ3) is 57.0. The molecule has 47 nitrogen and oxygen atoms in total. The van der Waals surface area contributed by atoms with Gasteiger partial charge in [0.2, 0.25) is 35.4 Å². The van der Waals surface area contributed by atoms with Crippen LogP contribution in [-0.4, -0.2) is 317 Å². The van der Waals surface area contributed by atoms with Crippen molar-refractivity contribution in [2.75, 3.05) is 132 Å². The van der Waals surface area contributed by atoms with Crippen LogP contribution in [0.25, 0.3) is 0 Å². The van der Waals surface area contributed by atoms with E-state index in [1.54, 1.807) is 20.8 Å². The van der Waals surface area contributed by atoms with E-state index in [-0.39, 0.29) is 251 Å². The average molecular weight is 2030 g/mol. The third-order valence-corrected chi connectivity index (χ3v) is 22.7. The first-order valence-electron chi connectivity index (χ1n) is 47.9. The summed E-state index contributed by atoms with van der Waals surface area (Å²) in [6.45, 7) is 14.5. The molecule has 3 rings (SSSR count). The maximum absolute atomic E-state index is 14.2. The van der Waals surface area contributed by atoms with Gasteiger partial charge in [0.05, 0.1) is 52.9 Å².